The van der Waals surface area contributed by atoms with E-state index < -0.39 is 7.12 Å². The van der Waals surface area contributed by atoms with E-state index in [9.17, 15) is 0 Å². The molecule has 10 heteroatoms. The molecule has 0 radical (unpaired) electrons. The fourth-order valence-electron chi connectivity index (χ4n) is 3.51. The number of para-hydroxylation sites is 2. The zero-order valence-corrected chi connectivity index (χ0v) is 22.9. The van der Waals surface area contributed by atoms with Crippen molar-refractivity contribution in [1.82, 2.24) is 19.9 Å². The average Bonchev–Trinajstić information content (AvgIpc) is 2.95. The Morgan fingerprint density at radius 1 is 0.605 bits per heavy atom. The van der Waals surface area contributed by atoms with Gasteiger partial charge in [0.25, 0.3) is 0 Å². The van der Waals surface area contributed by atoms with Crippen molar-refractivity contribution in [3.05, 3.63) is 124 Å². The summed E-state index contributed by atoms with van der Waals surface area (Å²) in [4.78, 5) is 16.3. The summed E-state index contributed by atoms with van der Waals surface area (Å²) in [6.45, 7) is 0. The van der Waals surface area contributed by atoms with Crippen molar-refractivity contribution in [1.29, 1.82) is 0 Å². The van der Waals surface area contributed by atoms with Crippen LogP contribution in [0.1, 0.15) is 0 Å². The van der Waals surface area contributed by atoms with Gasteiger partial charge < -0.3 is 10.0 Å². The van der Waals surface area contributed by atoms with E-state index in [4.69, 9.17) is 33.2 Å². The fraction of sp³-hybridized carbons (Fsp3) is 0. The van der Waals surface area contributed by atoms with Gasteiger partial charge in [-0.2, -0.15) is 0 Å². The minimum Gasteiger partial charge on any atom is -0.423 e. The maximum Gasteiger partial charge on any atom is 0.488 e. The Morgan fingerprint density at radius 3 is 1.71 bits per heavy atom. The van der Waals surface area contributed by atoms with Gasteiger partial charge in [0.1, 0.15) is 0 Å². The molecule has 6 rings (SSSR count). The lowest BCUT2D eigenvalue weighted by molar-refractivity contribution is 0.426. The third kappa shape index (κ3) is 7.34. The Hall–Kier alpha value is -3.40. The van der Waals surface area contributed by atoms with Crippen molar-refractivity contribution in [2.45, 2.75) is 0 Å². The van der Waals surface area contributed by atoms with Crippen LogP contribution in [0.15, 0.2) is 114 Å². The highest BCUT2D eigenvalue weighted by molar-refractivity contribution is 9.10. The first-order valence-corrected chi connectivity index (χ1v) is 12.9. The summed E-state index contributed by atoms with van der Waals surface area (Å²) in [5.41, 5.74) is 4.47. The second-order valence-electron chi connectivity index (χ2n) is 7.85. The molecule has 0 fully saturated rings. The van der Waals surface area contributed by atoms with Crippen molar-refractivity contribution in [2.75, 3.05) is 0 Å². The molecule has 0 saturated carbocycles. The van der Waals surface area contributed by atoms with E-state index in [1.807, 2.05) is 60.7 Å². The fourth-order valence-corrected chi connectivity index (χ4v) is 4.24. The van der Waals surface area contributed by atoms with Gasteiger partial charge in [-0.3, -0.25) is 0 Å². The highest BCUT2D eigenvalue weighted by atomic mass is 79.9. The molecule has 2 heterocycles. The number of benzene rings is 4. The average molecular weight is 606 g/mol. The molecule has 0 bridgehead atoms. The monoisotopic (exact) mass is 604 g/mol. The van der Waals surface area contributed by atoms with Gasteiger partial charge in [0, 0.05) is 33.2 Å². The van der Waals surface area contributed by atoms with Crippen LogP contribution < -0.4 is 5.46 Å². The minimum absolute atomic E-state index is 0.273. The van der Waals surface area contributed by atoms with E-state index in [1.54, 1.807) is 36.7 Å². The van der Waals surface area contributed by atoms with Gasteiger partial charge >= 0.3 is 7.12 Å². The van der Waals surface area contributed by atoms with Gasteiger partial charge in [-0.25, -0.2) is 19.9 Å². The number of fused-ring (bicyclic) bond motifs is 2. The Bertz CT molecular complexity index is 1640. The Labute approximate surface area is 238 Å². The normalized spacial score (nSPS) is 10.2. The largest absolute Gasteiger partial charge is 0.488 e. The molecule has 2 aromatic heterocycles. The zero-order chi connectivity index (χ0) is 26.9. The Balaban J connectivity index is 0.000000141. The van der Waals surface area contributed by atoms with Gasteiger partial charge in [0.15, 0.2) is 0 Å². The molecule has 188 valence electrons. The standard InChI is InChI=1S/C14H9ClN2.C8H4BrClN2.C6H7BO2/c15-14-16-9-11-7-4-8-12(13(11)17-14)10-5-2-1-3-6-10;9-6-3-1-2-5-4-11-8(10)12-7(5)6;8-7(9)6-4-2-1-3-5-6/h1-9H;1-4H;1-5,8-9H. The van der Waals surface area contributed by atoms with Crippen LogP contribution in [0.2, 0.25) is 10.6 Å². The number of nitrogens with zero attached hydrogens (tertiary/aromatic N) is 4. The summed E-state index contributed by atoms with van der Waals surface area (Å²) in [6, 6.07) is 30.6. The third-order valence-corrected chi connectivity index (χ3v) is 6.30. The zero-order valence-electron chi connectivity index (χ0n) is 19.8. The van der Waals surface area contributed by atoms with Crippen LogP contribution in [-0.2, 0) is 0 Å². The molecule has 4 aromatic carbocycles. The molecule has 0 saturated heterocycles. The van der Waals surface area contributed by atoms with Gasteiger partial charge in [-0.05, 0) is 56.2 Å². The van der Waals surface area contributed by atoms with Crippen molar-refractivity contribution in [2.24, 2.45) is 0 Å². The van der Waals surface area contributed by atoms with Crippen LogP contribution in [0.5, 0.6) is 0 Å². The second-order valence-corrected chi connectivity index (χ2v) is 9.38. The maximum atomic E-state index is 8.58. The summed E-state index contributed by atoms with van der Waals surface area (Å²) >= 11 is 14.9. The van der Waals surface area contributed by atoms with Crippen LogP contribution in [0.25, 0.3) is 32.9 Å². The predicted octanol–water partition coefficient (Wildman–Crippen LogP) is 6.36. The summed E-state index contributed by atoms with van der Waals surface area (Å²) in [5, 5.41) is 19.7. The molecule has 0 aliphatic rings. The topological polar surface area (TPSA) is 92.0 Å². The molecule has 0 aliphatic carbocycles. The van der Waals surface area contributed by atoms with Crippen LogP contribution in [0.3, 0.4) is 0 Å². The molecule has 2 N–H and O–H groups in total. The second kappa shape index (κ2) is 13.4. The number of rotatable bonds is 2. The molecular weight excluding hydrogens is 586 g/mol. The van der Waals surface area contributed by atoms with Gasteiger partial charge in [0.2, 0.25) is 10.6 Å². The first kappa shape index (κ1) is 27.6. The van der Waals surface area contributed by atoms with Crippen molar-refractivity contribution < 1.29 is 10.0 Å². The summed E-state index contributed by atoms with van der Waals surface area (Å²) < 4.78 is 0.935. The highest BCUT2D eigenvalue weighted by Gasteiger charge is 2.08. The minimum atomic E-state index is -1.34. The summed E-state index contributed by atoms with van der Waals surface area (Å²) in [5.74, 6) is 0. The van der Waals surface area contributed by atoms with E-state index in [0.717, 1.165) is 37.4 Å². The lowest BCUT2D eigenvalue weighted by atomic mass is 9.81. The molecule has 0 amide bonds. The molecule has 0 spiro atoms. The van der Waals surface area contributed by atoms with Crippen LogP contribution in [0, 0.1) is 0 Å². The summed E-state index contributed by atoms with van der Waals surface area (Å²) in [6.07, 6.45) is 3.45. The molecular formula is C28H20BBrCl2N4O2. The SMILES string of the molecule is Clc1ncc2cccc(-c3ccccc3)c2n1.Clc1ncc2cccc(Br)c2n1.OB(O)c1ccccc1. The van der Waals surface area contributed by atoms with E-state index in [-0.39, 0.29) is 10.6 Å². The van der Waals surface area contributed by atoms with E-state index in [0.29, 0.717) is 5.46 Å². The number of halogens is 3. The predicted molar refractivity (Wildman–Crippen MR) is 158 cm³/mol. The molecule has 6 nitrogen and oxygen atoms in total. The lowest BCUT2D eigenvalue weighted by Gasteiger charge is -2.05. The van der Waals surface area contributed by atoms with Gasteiger partial charge in [0.05, 0.1) is 11.0 Å². The first-order chi connectivity index (χ1) is 18.4. The highest BCUT2D eigenvalue weighted by Crippen LogP contribution is 2.27. The molecule has 38 heavy (non-hydrogen) atoms. The van der Waals surface area contributed by atoms with Crippen molar-refractivity contribution in [3.63, 3.8) is 0 Å². The smallest absolute Gasteiger partial charge is 0.423 e. The van der Waals surface area contributed by atoms with Crippen molar-refractivity contribution in [3.8, 4) is 11.1 Å². The number of aromatic nitrogens is 4. The number of hydrogen-bond donors (Lipinski definition) is 2. The van der Waals surface area contributed by atoms with Crippen molar-refractivity contribution >= 4 is 73.5 Å². The molecule has 6 aromatic rings. The van der Waals surface area contributed by atoms with Gasteiger partial charge in [-0.1, -0.05) is 91.0 Å². The van der Waals surface area contributed by atoms with E-state index >= 15 is 0 Å². The van der Waals surface area contributed by atoms with Gasteiger partial charge in [-0.15, -0.1) is 0 Å². The lowest BCUT2D eigenvalue weighted by Crippen LogP contribution is -2.29. The van der Waals surface area contributed by atoms with E-state index in [2.05, 4.69) is 48.0 Å². The van der Waals surface area contributed by atoms with Crippen LogP contribution in [-0.4, -0.2) is 37.1 Å². The maximum absolute atomic E-state index is 8.58. The molecule has 0 atom stereocenters. The molecule has 0 unspecified atom stereocenters. The quantitative estimate of drug-likeness (QED) is 0.176. The number of hydrogen-bond acceptors (Lipinski definition) is 6. The van der Waals surface area contributed by atoms with Crippen LogP contribution >= 0.6 is 39.1 Å². The van der Waals surface area contributed by atoms with E-state index in [1.165, 1.54) is 0 Å². The third-order valence-electron chi connectivity index (χ3n) is 5.30. The Kier molecular flexibility index (Phi) is 9.76. The summed E-state index contributed by atoms with van der Waals surface area (Å²) in [7, 11) is -1.34. The first-order valence-electron chi connectivity index (χ1n) is 11.4. The van der Waals surface area contributed by atoms with Crippen LogP contribution in [0.4, 0.5) is 0 Å². The Morgan fingerprint density at radius 2 is 1.13 bits per heavy atom. The molecule has 0 aliphatic heterocycles.